The van der Waals surface area contributed by atoms with Gasteiger partial charge in [-0.15, -0.1) is 0 Å². The molecule has 0 amide bonds. The molecule has 0 radical (unpaired) electrons. The molecule has 16 heavy (non-hydrogen) atoms. The fourth-order valence-electron chi connectivity index (χ4n) is 1.60. The predicted molar refractivity (Wildman–Crippen MR) is 68.8 cm³/mol. The summed E-state index contributed by atoms with van der Waals surface area (Å²) in [5.41, 5.74) is 1.98. The molecule has 2 nitrogen and oxygen atoms in total. The number of likely N-dealkylation sites (N-methyl/N-ethyl adjacent to an activating group) is 1. The monoisotopic (exact) mass is 289 g/mol. The van der Waals surface area contributed by atoms with Crippen molar-refractivity contribution < 1.29 is 9.13 Å². The van der Waals surface area contributed by atoms with Crippen LogP contribution in [0.3, 0.4) is 0 Å². The van der Waals surface area contributed by atoms with Gasteiger partial charge in [-0.3, -0.25) is 0 Å². The van der Waals surface area contributed by atoms with E-state index in [1.807, 2.05) is 7.05 Å². The molecule has 0 aliphatic rings. The fourth-order valence-corrected chi connectivity index (χ4v) is 2.04. The van der Waals surface area contributed by atoms with Gasteiger partial charge in [0.2, 0.25) is 0 Å². The molecule has 1 unspecified atom stereocenters. The van der Waals surface area contributed by atoms with Crippen LogP contribution in [0.5, 0.6) is 0 Å². The largest absolute Gasteiger partial charge is 0.383 e. The lowest BCUT2D eigenvalue weighted by Crippen LogP contribution is -2.33. The van der Waals surface area contributed by atoms with Crippen LogP contribution in [0.25, 0.3) is 0 Å². The van der Waals surface area contributed by atoms with Crippen molar-refractivity contribution in [2.75, 3.05) is 25.7 Å². The maximum Gasteiger partial charge on any atom is 0.123 e. The van der Waals surface area contributed by atoms with Crippen LogP contribution in [0.4, 0.5) is 10.1 Å². The van der Waals surface area contributed by atoms with Crippen molar-refractivity contribution in [3.05, 3.63) is 29.6 Å². The lowest BCUT2D eigenvalue weighted by Gasteiger charge is -2.28. The van der Waals surface area contributed by atoms with Gasteiger partial charge in [0.25, 0.3) is 0 Å². The van der Waals surface area contributed by atoms with Crippen molar-refractivity contribution in [1.29, 1.82) is 0 Å². The van der Waals surface area contributed by atoms with E-state index in [0.717, 1.165) is 11.3 Å². The van der Waals surface area contributed by atoms with E-state index in [9.17, 15) is 4.39 Å². The number of ether oxygens (including phenoxy) is 1. The third-order valence-electron chi connectivity index (χ3n) is 2.63. The number of halogens is 2. The molecule has 0 bridgehead atoms. The summed E-state index contributed by atoms with van der Waals surface area (Å²) >= 11 is 3.37. The van der Waals surface area contributed by atoms with Gasteiger partial charge in [0.15, 0.2) is 0 Å². The maximum absolute atomic E-state index is 13.1. The second-order valence-corrected chi connectivity index (χ2v) is 4.38. The molecule has 0 saturated carbocycles. The average Bonchev–Trinajstić information content (AvgIpc) is 2.28. The van der Waals surface area contributed by atoms with E-state index in [1.54, 1.807) is 19.2 Å². The van der Waals surface area contributed by atoms with Crippen LogP contribution in [0.15, 0.2) is 18.2 Å². The highest BCUT2D eigenvalue weighted by Crippen LogP contribution is 2.24. The van der Waals surface area contributed by atoms with Crippen LogP contribution in [0.2, 0.25) is 0 Å². The van der Waals surface area contributed by atoms with Crippen molar-refractivity contribution in [1.82, 2.24) is 0 Å². The molecule has 0 aliphatic carbocycles. The number of alkyl halides is 1. The fraction of sp³-hybridized carbons (Fsp3) is 0.500. The van der Waals surface area contributed by atoms with Gasteiger partial charge in [0.05, 0.1) is 6.61 Å². The molecular formula is C12H17BrFNO. The molecule has 0 N–H and O–H groups in total. The maximum atomic E-state index is 13.1. The topological polar surface area (TPSA) is 12.5 Å². The number of methoxy groups -OCH3 is 1. The van der Waals surface area contributed by atoms with Gasteiger partial charge in [-0.25, -0.2) is 4.39 Å². The Morgan fingerprint density at radius 1 is 1.50 bits per heavy atom. The Labute approximate surface area is 105 Å². The van der Waals surface area contributed by atoms with Crippen molar-refractivity contribution in [2.24, 2.45) is 0 Å². The number of anilines is 1. The Balaban J connectivity index is 2.93. The van der Waals surface area contributed by atoms with Crippen molar-refractivity contribution in [2.45, 2.75) is 18.3 Å². The van der Waals surface area contributed by atoms with Crippen LogP contribution in [-0.4, -0.2) is 26.8 Å². The average molecular weight is 290 g/mol. The van der Waals surface area contributed by atoms with Gasteiger partial charge in [-0.2, -0.15) is 0 Å². The number of hydrogen-bond acceptors (Lipinski definition) is 2. The summed E-state index contributed by atoms with van der Waals surface area (Å²) in [6.07, 6.45) is 0. The summed E-state index contributed by atoms with van der Waals surface area (Å²) in [7, 11) is 3.67. The molecule has 1 atom stereocenters. The molecular weight excluding hydrogens is 273 g/mol. The van der Waals surface area contributed by atoms with Crippen molar-refractivity contribution in [3.8, 4) is 0 Å². The van der Waals surface area contributed by atoms with Crippen LogP contribution >= 0.6 is 15.9 Å². The normalized spacial score (nSPS) is 12.6. The summed E-state index contributed by atoms with van der Waals surface area (Å²) in [5, 5.41) is 0.643. The molecule has 1 rings (SSSR count). The van der Waals surface area contributed by atoms with Gasteiger partial charge in [-0.1, -0.05) is 15.9 Å². The molecule has 0 heterocycles. The summed E-state index contributed by atoms with van der Waals surface area (Å²) < 4.78 is 18.2. The molecule has 0 saturated heterocycles. The van der Waals surface area contributed by atoms with E-state index in [4.69, 9.17) is 4.74 Å². The minimum absolute atomic E-state index is 0.203. The summed E-state index contributed by atoms with van der Waals surface area (Å²) in [6, 6.07) is 5.10. The molecule has 0 aliphatic heterocycles. The minimum Gasteiger partial charge on any atom is -0.383 e. The molecule has 0 aromatic heterocycles. The van der Waals surface area contributed by atoms with Crippen molar-refractivity contribution >= 4 is 21.6 Å². The van der Waals surface area contributed by atoms with E-state index in [2.05, 4.69) is 27.8 Å². The molecule has 1 aromatic carbocycles. The summed E-state index contributed by atoms with van der Waals surface area (Å²) in [5.74, 6) is -0.203. The number of hydrogen-bond donors (Lipinski definition) is 0. The van der Waals surface area contributed by atoms with Crippen LogP contribution < -0.4 is 4.90 Å². The standard InChI is InChI=1S/C12H17BrFNO/c1-9(8-16-3)15(2)12-5-4-11(14)6-10(12)7-13/h4-6,9H,7-8H2,1-3H3. The highest BCUT2D eigenvalue weighted by Gasteiger charge is 2.13. The van der Waals surface area contributed by atoms with E-state index in [1.165, 1.54) is 6.07 Å². The predicted octanol–water partition coefficient (Wildman–Crippen LogP) is 3.19. The first-order valence-corrected chi connectivity index (χ1v) is 6.28. The van der Waals surface area contributed by atoms with Gasteiger partial charge in [-0.05, 0) is 30.7 Å². The smallest absolute Gasteiger partial charge is 0.123 e. The quantitative estimate of drug-likeness (QED) is 0.772. The highest BCUT2D eigenvalue weighted by atomic mass is 79.9. The lowest BCUT2D eigenvalue weighted by atomic mass is 10.1. The Morgan fingerprint density at radius 3 is 2.75 bits per heavy atom. The van der Waals surface area contributed by atoms with E-state index >= 15 is 0 Å². The Kier molecular flexibility index (Phi) is 5.22. The summed E-state index contributed by atoms with van der Waals surface area (Å²) in [4.78, 5) is 2.10. The molecule has 0 spiro atoms. The summed E-state index contributed by atoms with van der Waals surface area (Å²) in [6.45, 7) is 2.72. The number of rotatable bonds is 5. The van der Waals surface area contributed by atoms with Crippen LogP contribution in [0.1, 0.15) is 12.5 Å². The lowest BCUT2D eigenvalue weighted by molar-refractivity contribution is 0.183. The molecule has 1 aromatic rings. The van der Waals surface area contributed by atoms with E-state index in [-0.39, 0.29) is 11.9 Å². The zero-order chi connectivity index (χ0) is 12.1. The zero-order valence-corrected chi connectivity index (χ0v) is 11.4. The SMILES string of the molecule is COCC(C)N(C)c1ccc(F)cc1CBr. The van der Waals surface area contributed by atoms with Crippen LogP contribution in [0, 0.1) is 5.82 Å². The minimum atomic E-state index is -0.203. The van der Waals surface area contributed by atoms with Crippen molar-refractivity contribution in [3.63, 3.8) is 0 Å². The van der Waals surface area contributed by atoms with Gasteiger partial charge >= 0.3 is 0 Å². The van der Waals surface area contributed by atoms with E-state index < -0.39 is 0 Å². The Bertz CT molecular complexity index is 346. The molecule has 90 valence electrons. The molecule has 4 heteroatoms. The third-order valence-corrected chi connectivity index (χ3v) is 3.24. The first kappa shape index (κ1) is 13.5. The highest BCUT2D eigenvalue weighted by molar-refractivity contribution is 9.08. The Hall–Kier alpha value is -0.610. The van der Waals surface area contributed by atoms with E-state index in [0.29, 0.717) is 11.9 Å². The van der Waals surface area contributed by atoms with Crippen LogP contribution in [-0.2, 0) is 10.1 Å². The molecule has 0 fully saturated rings. The Morgan fingerprint density at radius 2 is 2.19 bits per heavy atom. The third kappa shape index (κ3) is 3.19. The van der Waals surface area contributed by atoms with Gasteiger partial charge in [0, 0.05) is 31.2 Å². The second kappa shape index (κ2) is 6.21. The number of benzene rings is 1. The zero-order valence-electron chi connectivity index (χ0n) is 9.84. The number of nitrogens with zero attached hydrogens (tertiary/aromatic N) is 1. The second-order valence-electron chi connectivity index (χ2n) is 3.82. The first-order valence-electron chi connectivity index (χ1n) is 5.16. The van der Waals surface area contributed by atoms with Gasteiger partial charge < -0.3 is 9.64 Å². The first-order chi connectivity index (χ1) is 7.60. The van der Waals surface area contributed by atoms with Gasteiger partial charge in [0.1, 0.15) is 5.82 Å².